The summed E-state index contributed by atoms with van der Waals surface area (Å²) >= 11 is 0. The first-order chi connectivity index (χ1) is 9.08. The van der Waals surface area contributed by atoms with E-state index in [-0.39, 0.29) is 11.9 Å². The van der Waals surface area contributed by atoms with Crippen molar-refractivity contribution in [3.05, 3.63) is 35.2 Å². The summed E-state index contributed by atoms with van der Waals surface area (Å²) in [6.45, 7) is 2.68. The van der Waals surface area contributed by atoms with Gasteiger partial charge in [0.25, 0.3) is 0 Å². The monoisotopic (exact) mass is 258 g/mol. The minimum absolute atomic E-state index is 0.0768. The van der Waals surface area contributed by atoms with Crippen LogP contribution in [0.15, 0.2) is 33.9 Å². The van der Waals surface area contributed by atoms with Crippen LogP contribution in [-0.2, 0) is 6.42 Å². The van der Waals surface area contributed by atoms with Gasteiger partial charge in [-0.15, -0.1) is 0 Å². The van der Waals surface area contributed by atoms with E-state index in [9.17, 15) is 0 Å². The van der Waals surface area contributed by atoms with Gasteiger partial charge >= 0.3 is 0 Å². The third kappa shape index (κ3) is 3.09. The number of aromatic nitrogens is 1. The van der Waals surface area contributed by atoms with E-state index in [4.69, 9.17) is 17.2 Å². The van der Waals surface area contributed by atoms with E-state index in [1.165, 1.54) is 16.7 Å². The summed E-state index contributed by atoms with van der Waals surface area (Å²) in [5.41, 5.74) is 21.0. The average molecular weight is 258 g/mol. The molecule has 0 aromatic carbocycles. The molecule has 0 unspecified atom stereocenters. The van der Waals surface area contributed by atoms with Crippen molar-refractivity contribution in [2.75, 3.05) is 6.54 Å². The highest BCUT2D eigenvalue weighted by molar-refractivity contribution is 5.92. The first-order valence-corrected chi connectivity index (χ1v) is 6.10. The Kier molecular flexibility index (Phi) is 3.79. The Morgan fingerprint density at radius 1 is 1.37 bits per heavy atom. The van der Waals surface area contributed by atoms with Crippen LogP contribution in [0.4, 0.5) is 0 Å². The largest absolute Gasteiger partial charge is 0.370 e. The molecule has 1 aromatic rings. The van der Waals surface area contributed by atoms with Crippen LogP contribution >= 0.6 is 0 Å². The van der Waals surface area contributed by atoms with Crippen LogP contribution in [0.25, 0.3) is 5.57 Å². The van der Waals surface area contributed by atoms with Crippen molar-refractivity contribution in [3.63, 3.8) is 0 Å². The van der Waals surface area contributed by atoms with Gasteiger partial charge < -0.3 is 17.2 Å². The van der Waals surface area contributed by atoms with Gasteiger partial charge in [0.1, 0.15) is 0 Å². The number of fused-ring (bicyclic) bond motifs is 1. The topological polar surface area (TPSA) is 116 Å². The fourth-order valence-corrected chi connectivity index (χ4v) is 2.24. The molecule has 0 amide bonds. The minimum Gasteiger partial charge on any atom is -0.370 e. The Morgan fingerprint density at radius 3 is 2.89 bits per heavy atom. The van der Waals surface area contributed by atoms with Crippen molar-refractivity contribution in [2.45, 2.75) is 19.8 Å². The van der Waals surface area contributed by atoms with E-state index in [2.05, 4.69) is 28.0 Å². The molecule has 6 N–H and O–H groups in total. The molecule has 1 aliphatic rings. The highest BCUT2D eigenvalue weighted by atomic mass is 15.1. The SMILES string of the molecule is CC1=C(CCN=C(N)N=C(N)N)c2cccnc2C1. The smallest absolute Gasteiger partial charge is 0.218 e. The summed E-state index contributed by atoms with van der Waals surface area (Å²) < 4.78 is 0. The second-order valence-corrected chi connectivity index (χ2v) is 4.46. The summed E-state index contributed by atoms with van der Waals surface area (Å²) in [6, 6.07) is 4.05. The van der Waals surface area contributed by atoms with Gasteiger partial charge in [0.2, 0.25) is 5.96 Å². The predicted molar refractivity (Wildman–Crippen MR) is 77.5 cm³/mol. The summed E-state index contributed by atoms with van der Waals surface area (Å²) in [5.74, 6) is 0.0368. The Labute approximate surface area is 112 Å². The normalized spacial score (nSPS) is 14.5. The van der Waals surface area contributed by atoms with E-state index in [0.717, 1.165) is 18.5 Å². The number of pyridine rings is 1. The Balaban J connectivity index is 2.05. The molecule has 2 rings (SSSR count). The van der Waals surface area contributed by atoms with Crippen molar-refractivity contribution in [3.8, 4) is 0 Å². The van der Waals surface area contributed by atoms with Gasteiger partial charge in [0, 0.05) is 19.2 Å². The van der Waals surface area contributed by atoms with Crippen molar-refractivity contribution in [2.24, 2.45) is 27.2 Å². The molecule has 0 atom stereocenters. The number of hydrogen-bond donors (Lipinski definition) is 3. The molecule has 100 valence electrons. The molecule has 6 heteroatoms. The number of nitrogens with zero attached hydrogens (tertiary/aromatic N) is 3. The molecule has 0 radical (unpaired) electrons. The van der Waals surface area contributed by atoms with Crippen molar-refractivity contribution < 1.29 is 0 Å². The number of aliphatic imine (C=N–C) groups is 2. The maximum atomic E-state index is 5.56. The van der Waals surface area contributed by atoms with E-state index >= 15 is 0 Å². The zero-order valence-corrected chi connectivity index (χ0v) is 10.9. The quantitative estimate of drug-likeness (QED) is 0.537. The van der Waals surface area contributed by atoms with E-state index in [0.29, 0.717) is 6.54 Å². The van der Waals surface area contributed by atoms with Crippen LogP contribution < -0.4 is 17.2 Å². The third-order valence-electron chi connectivity index (χ3n) is 3.04. The van der Waals surface area contributed by atoms with Gasteiger partial charge in [-0.2, -0.15) is 4.99 Å². The molecular weight excluding hydrogens is 240 g/mol. The fourth-order valence-electron chi connectivity index (χ4n) is 2.24. The average Bonchev–Trinajstić information content (AvgIpc) is 2.65. The van der Waals surface area contributed by atoms with Gasteiger partial charge in [0.15, 0.2) is 5.96 Å². The summed E-state index contributed by atoms with van der Waals surface area (Å²) in [5, 5.41) is 0. The maximum absolute atomic E-state index is 5.56. The van der Waals surface area contributed by atoms with Crippen molar-refractivity contribution >= 4 is 17.5 Å². The van der Waals surface area contributed by atoms with Crippen molar-refractivity contribution in [1.82, 2.24) is 4.98 Å². The summed E-state index contributed by atoms with van der Waals surface area (Å²) in [4.78, 5) is 12.2. The Morgan fingerprint density at radius 2 is 2.16 bits per heavy atom. The van der Waals surface area contributed by atoms with Crippen molar-refractivity contribution in [1.29, 1.82) is 0 Å². The molecule has 0 bridgehead atoms. The third-order valence-corrected chi connectivity index (χ3v) is 3.04. The minimum atomic E-state index is -0.0768. The zero-order chi connectivity index (χ0) is 13.8. The van der Waals surface area contributed by atoms with Gasteiger partial charge in [-0.05, 0) is 30.5 Å². The molecular formula is C13H18N6. The van der Waals surface area contributed by atoms with Gasteiger partial charge in [-0.25, -0.2) is 0 Å². The van der Waals surface area contributed by atoms with Gasteiger partial charge in [0.05, 0.1) is 5.69 Å². The van der Waals surface area contributed by atoms with Crippen LogP contribution in [0.2, 0.25) is 0 Å². The first kappa shape index (κ1) is 13.1. The lowest BCUT2D eigenvalue weighted by molar-refractivity contribution is 1.01. The summed E-state index contributed by atoms with van der Waals surface area (Å²) in [7, 11) is 0. The second-order valence-electron chi connectivity index (χ2n) is 4.46. The predicted octanol–water partition coefficient (Wildman–Crippen LogP) is 0.389. The zero-order valence-electron chi connectivity index (χ0n) is 10.9. The number of rotatable bonds is 3. The molecule has 0 saturated heterocycles. The van der Waals surface area contributed by atoms with E-state index < -0.39 is 0 Å². The number of allylic oxidation sites excluding steroid dienone is 1. The number of hydrogen-bond acceptors (Lipinski definition) is 2. The lowest BCUT2D eigenvalue weighted by Crippen LogP contribution is -2.26. The van der Waals surface area contributed by atoms with Gasteiger partial charge in [-0.3, -0.25) is 9.98 Å². The molecule has 0 spiro atoms. The molecule has 0 fully saturated rings. The van der Waals surface area contributed by atoms with Crippen LogP contribution in [0.3, 0.4) is 0 Å². The molecule has 0 aliphatic heterocycles. The number of nitrogens with two attached hydrogens (primary N) is 3. The van der Waals surface area contributed by atoms with E-state index in [1.807, 2.05) is 12.3 Å². The van der Waals surface area contributed by atoms with E-state index in [1.54, 1.807) is 0 Å². The van der Waals surface area contributed by atoms with Crippen LogP contribution in [0.1, 0.15) is 24.6 Å². The Hall–Kier alpha value is -2.37. The molecule has 6 nitrogen and oxygen atoms in total. The highest BCUT2D eigenvalue weighted by Crippen LogP contribution is 2.33. The molecule has 1 aromatic heterocycles. The fraction of sp³-hybridized carbons (Fsp3) is 0.308. The molecule has 0 saturated carbocycles. The second kappa shape index (κ2) is 5.51. The standard InChI is InChI=1S/C13H18N6/c1-8-7-11-10(3-2-5-17-11)9(8)4-6-18-13(16)19-12(14)15/h2-3,5H,4,6-7H2,1H3,(H6,14,15,16,18,19). The van der Waals surface area contributed by atoms with Crippen LogP contribution in [-0.4, -0.2) is 23.4 Å². The Bertz CT molecular complexity index is 566. The van der Waals surface area contributed by atoms with Crippen LogP contribution in [0.5, 0.6) is 0 Å². The molecule has 1 aliphatic carbocycles. The maximum Gasteiger partial charge on any atom is 0.218 e. The van der Waals surface area contributed by atoms with Crippen LogP contribution in [0, 0.1) is 0 Å². The molecule has 1 heterocycles. The lowest BCUT2D eigenvalue weighted by Gasteiger charge is -2.04. The number of guanidine groups is 2. The first-order valence-electron chi connectivity index (χ1n) is 6.10. The molecule has 19 heavy (non-hydrogen) atoms. The highest BCUT2D eigenvalue weighted by Gasteiger charge is 2.18. The summed E-state index contributed by atoms with van der Waals surface area (Å²) in [6.07, 6.45) is 3.55. The lowest BCUT2D eigenvalue weighted by atomic mass is 10.0. The van der Waals surface area contributed by atoms with Gasteiger partial charge in [-0.1, -0.05) is 11.6 Å².